The van der Waals surface area contributed by atoms with Gasteiger partial charge in [0.1, 0.15) is 5.75 Å². The SMILES string of the molecule is CCN(CC)CCCOc1ccc(Nc2ncc(C)c(N3OCC[C@H]3c3ccccc3)n2)cc1.Cl. The van der Waals surface area contributed by atoms with E-state index in [9.17, 15) is 0 Å². The van der Waals surface area contributed by atoms with Crippen LogP contribution in [0.5, 0.6) is 5.75 Å². The zero-order chi connectivity index (χ0) is 23.8. The molecule has 1 aromatic heterocycles. The number of hydrogen-bond acceptors (Lipinski definition) is 7. The van der Waals surface area contributed by atoms with Crippen LogP contribution in [0, 0.1) is 6.92 Å². The summed E-state index contributed by atoms with van der Waals surface area (Å²) < 4.78 is 5.90. The van der Waals surface area contributed by atoms with E-state index in [1.807, 2.05) is 48.5 Å². The Hall–Kier alpha value is -2.87. The van der Waals surface area contributed by atoms with Crippen molar-refractivity contribution in [1.82, 2.24) is 14.9 Å². The van der Waals surface area contributed by atoms with Gasteiger partial charge in [0.15, 0.2) is 5.82 Å². The fourth-order valence-electron chi connectivity index (χ4n) is 4.15. The lowest BCUT2D eigenvalue weighted by atomic mass is 10.0. The molecule has 8 heteroatoms. The molecule has 188 valence electrons. The van der Waals surface area contributed by atoms with Crippen molar-refractivity contribution in [3.8, 4) is 5.75 Å². The smallest absolute Gasteiger partial charge is 0.229 e. The Morgan fingerprint density at radius 3 is 2.54 bits per heavy atom. The summed E-state index contributed by atoms with van der Waals surface area (Å²) in [5, 5.41) is 5.23. The largest absolute Gasteiger partial charge is 0.494 e. The predicted molar refractivity (Wildman–Crippen MR) is 144 cm³/mol. The molecule has 1 saturated heterocycles. The maximum Gasteiger partial charge on any atom is 0.229 e. The van der Waals surface area contributed by atoms with Crippen LogP contribution in [0.15, 0.2) is 60.8 Å². The molecule has 2 heterocycles. The summed E-state index contributed by atoms with van der Waals surface area (Å²) in [5.41, 5.74) is 3.11. The summed E-state index contributed by atoms with van der Waals surface area (Å²) in [4.78, 5) is 17.6. The summed E-state index contributed by atoms with van der Waals surface area (Å²) in [6.07, 6.45) is 3.78. The minimum absolute atomic E-state index is 0. The number of rotatable bonds is 11. The van der Waals surface area contributed by atoms with Gasteiger partial charge in [-0.1, -0.05) is 44.2 Å². The molecular formula is C27H36ClN5O2. The van der Waals surface area contributed by atoms with Crippen LogP contribution in [0.25, 0.3) is 0 Å². The maximum atomic E-state index is 5.98. The van der Waals surface area contributed by atoms with E-state index in [4.69, 9.17) is 14.6 Å². The van der Waals surface area contributed by atoms with Crippen molar-refractivity contribution in [2.45, 2.75) is 39.7 Å². The van der Waals surface area contributed by atoms with Crippen LogP contribution < -0.4 is 15.1 Å². The van der Waals surface area contributed by atoms with E-state index in [-0.39, 0.29) is 18.4 Å². The van der Waals surface area contributed by atoms with E-state index in [0.717, 1.165) is 55.3 Å². The third-order valence-corrected chi connectivity index (χ3v) is 6.14. The molecule has 0 spiro atoms. The first-order valence-electron chi connectivity index (χ1n) is 12.2. The van der Waals surface area contributed by atoms with Gasteiger partial charge in [-0.3, -0.25) is 4.84 Å². The highest BCUT2D eigenvalue weighted by Gasteiger charge is 2.30. The number of ether oxygens (including phenoxy) is 1. The lowest BCUT2D eigenvalue weighted by Gasteiger charge is -2.25. The number of hydrogen-bond donors (Lipinski definition) is 1. The highest BCUT2D eigenvalue weighted by molar-refractivity contribution is 5.85. The summed E-state index contributed by atoms with van der Waals surface area (Å²) in [5.74, 6) is 2.19. The summed E-state index contributed by atoms with van der Waals surface area (Å²) in [6.45, 7) is 11.0. The molecule has 1 aliphatic rings. The number of halogens is 1. The van der Waals surface area contributed by atoms with E-state index in [1.165, 1.54) is 5.56 Å². The maximum absolute atomic E-state index is 5.98. The van der Waals surface area contributed by atoms with Crippen molar-refractivity contribution >= 4 is 29.9 Å². The molecule has 1 fully saturated rings. The fraction of sp³-hybridized carbons (Fsp3) is 0.407. The standard InChI is InChI=1S/C27H35N5O2.ClH/c1-4-31(5-2)17-9-18-33-24-14-12-23(13-15-24)29-27-28-20-21(3)26(30-27)32-25(16-19-34-32)22-10-7-6-8-11-22;/h6-8,10-15,20,25H,4-5,9,16-19H2,1-3H3,(H,28,29,30);1H/t25-;/m0./s1. The van der Waals surface area contributed by atoms with E-state index in [1.54, 1.807) is 0 Å². The lowest BCUT2D eigenvalue weighted by Crippen LogP contribution is -2.25. The normalized spacial score (nSPS) is 15.2. The van der Waals surface area contributed by atoms with Gasteiger partial charge < -0.3 is 15.0 Å². The molecule has 1 atom stereocenters. The third kappa shape index (κ3) is 7.07. The second kappa shape index (κ2) is 13.3. The van der Waals surface area contributed by atoms with Crippen LogP contribution in [0.2, 0.25) is 0 Å². The number of nitrogens with one attached hydrogen (secondary N) is 1. The second-order valence-corrected chi connectivity index (χ2v) is 8.45. The molecule has 4 rings (SSSR count). The molecule has 2 aromatic carbocycles. The van der Waals surface area contributed by atoms with Gasteiger partial charge in [-0.25, -0.2) is 10.0 Å². The molecule has 1 aliphatic heterocycles. The van der Waals surface area contributed by atoms with Crippen molar-refractivity contribution < 1.29 is 9.57 Å². The molecule has 3 aromatic rings. The second-order valence-electron chi connectivity index (χ2n) is 8.45. The molecular weight excluding hydrogens is 462 g/mol. The first-order chi connectivity index (χ1) is 16.7. The van der Waals surface area contributed by atoms with Gasteiger partial charge in [0.05, 0.1) is 19.3 Å². The molecule has 0 aliphatic carbocycles. The molecule has 0 amide bonds. The van der Waals surface area contributed by atoms with Crippen molar-refractivity contribution in [2.75, 3.05) is 43.2 Å². The molecule has 1 N–H and O–H groups in total. The van der Waals surface area contributed by atoms with E-state index in [2.05, 4.69) is 53.3 Å². The number of nitrogens with zero attached hydrogens (tertiary/aromatic N) is 4. The van der Waals surface area contributed by atoms with Crippen LogP contribution in [0.4, 0.5) is 17.5 Å². The van der Waals surface area contributed by atoms with Gasteiger partial charge in [0.2, 0.25) is 5.95 Å². The Kier molecular flexibility index (Phi) is 10.1. The molecule has 7 nitrogen and oxygen atoms in total. The van der Waals surface area contributed by atoms with Gasteiger partial charge in [-0.05, 0) is 56.3 Å². The third-order valence-electron chi connectivity index (χ3n) is 6.14. The quantitative estimate of drug-likeness (QED) is 0.329. The molecule has 0 unspecified atom stereocenters. The Bertz CT molecular complexity index is 1030. The van der Waals surface area contributed by atoms with Crippen LogP contribution in [-0.2, 0) is 4.84 Å². The highest BCUT2D eigenvalue weighted by atomic mass is 35.5. The topological polar surface area (TPSA) is 62.8 Å². The zero-order valence-electron chi connectivity index (χ0n) is 20.8. The Morgan fingerprint density at radius 2 is 1.83 bits per heavy atom. The fourth-order valence-corrected chi connectivity index (χ4v) is 4.15. The molecule has 0 bridgehead atoms. The van der Waals surface area contributed by atoms with E-state index < -0.39 is 0 Å². The highest BCUT2D eigenvalue weighted by Crippen LogP contribution is 2.35. The molecule has 0 radical (unpaired) electrons. The number of anilines is 3. The van der Waals surface area contributed by atoms with Crippen LogP contribution in [-0.4, -0.2) is 47.7 Å². The van der Waals surface area contributed by atoms with Crippen molar-refractivity contribution in [3.05, 3.63) is 71.9 Å². The van der Waals surface area contributed by atoms with Gasteiger partial charge in [0, 0.05) is 30.4 Å². The van der Waals surface area contributed by atoms with Crippen molar-refractivity contribution in [1.29, 1.82) is 0 Å². The summed E-state index contributed by atoms with van der Waals surface area (Å²) >= 11 is 0. The van der Waals surface area contributed by atoms with Gasteiger partial charge in [-0.2, -0.15) is 4.98 Å². The van der Waals surface area contributed by atoms with Crippen LogP contribution in [0.1, 0.15) is 43.9 Å². The average molecular weight is 498 g/mol. The number of aromatic nitrogens is 2. The van der Waals surface area contributed by atoms with Crippen LogP contribution in [0.3, 0.4) is 0 Å². The van der Waals surface area contributed by atoms with E-state index in [0.29, 0.717) is 19.2 Å². The van der Waals surface area contributed by atoms with Gasteiger partial charge in [-0.15, -0.1) is 12.4 Å². The first-order valence-corrected chi connectivity index (χ1v) is 12.2. The Balaban J connectivity index is 0.00000342. The van der Waals surface area contributed by atoms with Crippen molar-refractivity contribution in [2.24, 2.45) is 0 Å². The number of aryl methyl sites for hydroxylation is 1. The number of hydroxylamine groups is 1. The van der Waals surface area contributed by atoms with Crippen molar-refractivity contribution in [3.63, 3.8) is 0 Å². The van der Waals surface area contributed by atoms with Gasteiger partial charge >= 0.3 is 0 Å². The van der Waals surface area contributed by atoms with E-state index >= 15 is 0 Å². The predicted octanol–water partition coefficient (Wildman–Crippen LogP) is 5.94. The molecule has 35 heavy (non-hydrogen) atoms. The molecule has 0 saturated carbocycles. The average Bonchev–Trinajstić information content (AvgIpc) is 3.37. The Labute approximate surface area is 214 Å². The zero-order valence-corrected chi connectivity index (χ0v) is 21.6. The Morgan fingerprint density at radius 1 is 1.09 bits per heavy atom. The van der Waals surface area contributed by atoms with Crippen LogP contribution >= 0.6 is 12.4 Å². The summed E-state index contributed by atoms with van der Waals surface area (Å²) in [6, 6.07) is 18.5. The monoisotopic (exact) mass is 497 g/mol. The minimum atomic E-state index is 0. The lowest BCUT2D eigenvalue weighted by molar-refractivity contribution is 0.156. The summed E-state index contributed by atoms with van der Waals surface area (Å²) in [7, 11) is 0. The number of benzene rings is 2. The minimum Gasteiger partial charge on any atom is -0.494 e. The first kappa shape index (κ1) is 26.7. The van der Waals surface area contributed by atoms with Gasteiger partial charge in [0.25, 0.3) is 0 Å².